The average Bonchev–Trinajstić information content (AvgIpc) is 2.04. The molecule has 0 aliphatic carbocycles. The van der Waals surface area contributed by atoms with Gasteiger partial charge < -0.3 is 8.81 Å². The molecule has 0 saturated carbocycles. The second-order valence-electron chi connectivity index (χ2n) is 1.63. The van der Waals surface area contributed by atoms with E-state index in [-0.39, 0.29) is 5.69 Å². The quantitative estimate of drug-likeness (QED) is 0.733. The van der Waals surface area contributed by atoms with Crippen molar-refractivity contribution in [1.29, 1.82) is 0 Å². The molecule has 1 aromatic rings. The van der Waals surface area contributed by atoms with Gasteiger partial charge in [-0.25, -0.2) is 9.78 Å². The number of halogens is 1. The number of nitrogens with one attached hydrogen (secondary N) is 1. The lowest BCUT2D eigenvalue weighted by atomic mass is 10.4. The lowest BCUT2D eigenvalue weighted by Gasteiger charge is -1.91. The molecule has 0 aromatic carbocycles. The van der Waals surface area contributed by atoms with E-state index in [4.69, 9.17) is 0 Å². The Morgan fingerprint density at radius 1 is 1.73 bits per heavy atom. The van der Waals surface area contributed by atoms with E-state index < -0.39 is 11.5 Å². The molecule has 0 bridgehead atoms. The lowest BCUT2D eigenvalue weighted by Crippen LogP contribution is -2.18. The Morgan fingerprint density at radius 3 is 3.00 bits per heavy atom. The van der Waals surface area contributed by atoms with Crippen molar-refractivity contribution in [2.45, 2.75) is 0 Å². The van der Waals surface area contributed by atoms with Gasteiger partial charge in [0.2, 0.25) is 5.69 Å². The van der Waals surface area contributed by atoms with E-state index >= 15 is 0 Å². The standard InChI is InChI=1S/C5H3BrN2O3/c6-11-5(10)3-4(9)8-2-1-7-3/h1-2H,(H,8,9). The smallest absolute Gasteiger partial charge is 0.374 e. The van der Waals surface area contributed by atoms with Crippen LogP contribution in [0.1, 0.15) is 10.5 Å². The number of aromatic nitrogens is 2. The molecule has 1 N–H and O–H groups in total. The summed E-state index contributed by atoms with van der Waals surface area (Å²) in [7, 11) is 0. The summed E-state index contributed by atoms with van der Waals surface area (Å²) >= 11 is 2.44. The van der Waals surface area contributed by atoms with Crippen molar-refractivity contribution in [3.8, 4) is 0 Å². The van der Waals surface area contributed by atoms with E-state index in [0.717, 1.165) is 0 Å². The van der Waals surface area contributed by atoms with Gasteiger partial charge in [-0.15, -0.1) is 0 Å². The van der Waals surface area contributed by atoms with E-state index in [9.17, 15) is 9.59 Å². The van der Waals surface area contributed by atoms with Gasteiger partial charge >= 0.3 is 5.97 Å². The monoisotopic (exact) mass is 218 g/mol. The van der Waals surface area contributed by atoms with Gasteiger partial charge in [-0.1, -0.05) is 0 Å². The number of H-pyrrole nitrogens is 1. The van der Waals surface area contributed by atoms with Crippen LogP contribution < -0.4 is 5.56 Å². The molecule has 0 fully saturated rings. The van der Waals surface area contributed by atoms with Crippen LogP contribution in [-0.2, 0) is 3.83 Å². The zero-order chi connectivity index (χ0) is 8.27. The highest BCUT2D eigenvalue weighted by Crippen LogP contribution is 1.92. The Kier molecular flexibility index (Phi) is 2.37. The van der Waals surface area contributed by atoms with E-state index in [1.807, 2.05) is 0 Å². The minimum absolute atomic E-state index is 0.274. The summed E-state index contributed by atoms with van der Waals surface area (Å²) in [4.78, 5) is 27.2. The number of carbonyl (C=O) groups excluding carboxylic acids is 1. The van der Waals surface area contributed by atoms with E-state index in [1.54, 1.807) is 0 Å². The van der Waals surface area contributed by atoms with Crippen LogP contribution >= 0.6 is 16.3 Å². The summed E-state index contributed by atoms with van der Waals surface area (Å²) in [5.41, 5.74) is -0.846. The molecule has 11 heavy (non-hydrogen) atoms. The largest absolute Gasteiger partial charge is 0.379 e. The Balaban J connectivity index is 3.14. The predicted octanol–water partition coefficient (Wildman–Crippen LogP) is 0.237. The van der Waals surface area contributed by atoms with Gasteiger partial charge in [0, 0.05) is 12.4 Å². The second-order valence-corrected chi connectivity index (χ2v) is 1.96. The van der Waals surface area contributed by atoms with Gasteiger partial charge in [-0.3, -0.25) is 4.79 Å². The average molecular weight is 219 g/mol. The summed E-state index contributed by atoms with van der Waals surface area (Å²) in [5, 5.41) is 0. The molecular formula is C5H3BrN2O3. The van der Waals surface area contributed by atoms with Gasteiger partial charge in [-0.05, 0) is 0 Å². The van der Waals surface area contributed by atoms with Crippen LogP contribution in [0.15, 0.2) is 17.2 Å². The number of hydrogen-bond acceptors (Lipinski definition) is 4. The molecule has 0 amide bonds. The molecule has 1 heterocycles. The van der Waals surface area contributed by atoms with Crippen molar-refractivity contribution in [3.63, 3.8) is 0 Å². The summed E-state index contributed by atoms with van der Waals surface area (Å²) in [6, 6.07) is 0. The summed E-state index contributed by atoms with van der Waals surface area (Å²) in [6.07, 6.45) is 2.62. The molecule has 0 aliphatic heterocycles. The van der Waals surface area contributed by atoms with E-state index in [2.05, 4.69) is 30.1 Å². The fourth-order valence-electron chi connectivity index (χ4n) is 0.534. The zero-order valence-corrected chi connectivity index (χ0v) is 6.79. The molecule has 0 radical (unpaired) electrons. The highest BCUT2D eigenvalue weighted by molar-refractivity contribution is 9.06. The maximum atomic E-state index is 10.8. The molecule has 5 nitrogen and oxygen atoms in total. The second kappa shape index (κ2) is 3.29. The van der Waals surface area contributed by atoms with Crippen LogP contribution in [-0.4, -0.2) is 15.9 Å². The fraction of sp³-hybridized carbons (Fsp3) is 0. The zero-order valence-electron chi connectivity index (χ0n) is 5.20. The SMILES string of the molecule is O=C(OBr)c1ncc[nH]c1=O. The Labute approximate surface area is 69.9 Å². The predicted molar refractivity (Wildman–Crippen MR) is 39.2 cm³/mol. The van der Waals surface area contributed by atoms with Gasteiger partial charge in [-0.2, -0.15) is 0 Å². The topological polar surface area (TPSA) is 72.0 Å². The first-order valence-electron chi connectivity index (χ1n) is 2.62. The van der Waals surface area contributed by atoms with Gasteiger partial charge in [0.15, 0.2) is 16.3 Å². The Hall–Kier alpha value is -1.17. The summed E-state index contributed by atoms with van der Waals surface area (Å²) in [6.45, 7) is 0. The highest BCUT2D eigenvalue weighted by Gasteiger charge is 2.11. The van der Waals surface area contributed by atoms with Gasteiger partial charge in [0.1, 0.15) is 0 Å². The van der Waals surface area contributed by atoms with Crippen molar-refractivity contribution < 1.29 is 8.62 Å². The third-order valence-corrected chi connectivity index (χ3v) is 1.27. The van der Waals surface area contributed by atoms with Crippen molar-refractivity contribution >= 4 is 22.2 Å². The van der Waals surface area contributed by atoms with Gasteiger partial charge in [0.25, 0.3) is 5.56 Å². The van der Waals surface area contributed by atoms with Crippen LogP contribution in [0.5, 0.6) is 0 Å². The molecule has 0 aliphatic rings. The molecule has 6 heteroatoms. The van der Waals surface area contributed by atoms with Gasteiger partial charge in [0.05, 0.1) is 0 Å². The molecule has 1 rings (SSSR count). The number of aromatic amines is 1. The number of hydrogen-bond donors (Lipinski definition) is 1. The Morgan fingerprint density at radius 2 is 2.45 bits per heavy atom. The first-order chi connectivity index (χ1) is 5.25. The molecule has 0 saturated heterocycles. The Bertz CT molecular complexity index is 322. The molecule has 0 atom stereocenters. The van der Waals surface area contributed by atoms with E-state index in [0.29, 0.717) is 0 Å². The first kappa shape index (κ1) is 7.93. The maximum Gasteiger partial charge on any atom is 0.374 e. The van der Waals surface area contributed by atoms with Crippen LogP contribution in [0.3, 0.4) is 0 Å². The first-order valence-corrected chi connectivity index (χ1v) is 3.27. The minimum Gasteiger partial charge on any atom is -0.379 e. The van der Waals surface area contributed by atoms with E-state index in [1.165, 1.54) is 12.4 Å². The third-order valence-electron chi connectivity index (χ3n) is 0.971. The number of carbonyl (C=O) groups is 1. The summed E-state index contributed by atoms with van der Waals surface area (Å²) < 4.78 is 4.11. The highest BCUT2D eigenvalue weighted by atomic mass is 79.9. The van der Waals surface area contributed by atoms with Crippen molar-refractivity contribution in [3.05, 3.63) is 28.4 Å². The maximum absolute atomic E-state index is 10.8. The normalized spacial score (nSPS) is 9.18. The van der Waals surface area contributed by atoms with Crippen LogP contribution in [0.25, 0.3) is 0 Å². The summed E-state index contributed by atoms with van der Waals surface area (Å²) in [5.74, 6) is -0.813. The molecule has 1 aromatic heterocycles. The molecule has 0 unspecified atom stereocenters. The lowest BCUT2D eigenvalue weighted by molar-refractivity contribution is 0.0774. The molecule has 0 spiro atoms. The minimum atomic E-state index is -0.813. The molecular weight excluding hydrogens is 216 g/mol. The van der Waals surface area contributed by atoms with Crippen molar-refractivity contribution in [1.82, 2.24) is 9.97 Å². The van der Waals surface area contributed by atoms with Crippen molar-refractivity contribution in [2.24, 2.45) is 0 Å². The van der Waals surface area contributed by atoms with Crippen LogP contribution in [0.2, 0.25) is 0 Å². The van der Waals surface area contributed by atoms with Crippen LogP contribution in [0.4, 0.5) is 0 Å². The fourth-order valence-corrected chi connectivity index (χ4v) is 0.687. The third kappa shape index (κ3) is 1.64. The van der Waals surface area contributed by atoms with Crippen molar-refractivity contribution in [2.75, 3.05) is 0 Å². The number of rotatable bonds is 1. The number of nitrogens with zero attached hydrogens (tertiary/aromatic N) is 1. The van der Waals surface area contributed by atoms with Crippen LogP contribution in [0, 0.1) is 0 Å². The molecule has 58 valence electrons.